The number of amides is 1. The number of allylic oxidation sites excluding steroid dienone is 2. The summed E-state index contributed by atoms with van der Waals surface area (Å²) in [7, 11) is -1.04. The van der Waals surface area contributed by atoms with E-state index in [0.717, 1.165) is 6.26 Å². The van der Waals surface area contributed by atoms with Gasteiger partial charge in [-0.15, -0.1) is 0 Å². The van der Waals surface area contributed by atoms with E-state index in [4.69, 9.17) is 9.39 Å². The average Bonchev–Trinajstić information content (AvgIpc) is 2.40. The zero-order valence-corrected chi connectivity index (χ0v) is 12.3. The largest absolute Gasteiger partial charge is 0.535 e. The molecule has 22 heavy (non-hydrogen) atoms. The first-order chi connectivity index (χ1) is 10.4. The molecule has 1 amide bonds. The van der Waals surface area contributed by atoms with Gasteiger partial charge in [-0.05, 0) is 18.3 Å². The Morgan fingerprint density at radius 1 is 1.50 bits per heavy atom. The molecule has 2 aliphatic rings. The lowest BCUT2D eigenvalue weighted by atomic mass is 9.78. The fourth-order valence-electron chi connectivity index (χ4n) is 2.24. The fraction of sp³-hybridized carbons (Fsp3) is 0.429. The van der Waals surface area contributed by atoms with Crippen molar-refractivity contribution in [3.8, 4) is 0 Å². The first-order valence-electron chi connectivity index (χ1n) is 6.97. The second kappa shape index (κ2) is 6.70. The lowest BCUT2D eigenvalue weighted by Gasteiger charge is -2.37. The number of ether oxygens (including phenoxy) is 1. The quantitative estimate of drug-likeness (QED) is 0.437. The van der Waals surface area contributed by atoms with Crippen LogP contribution >= 0.6 is 0 Å². The fourth-order valence-corrected chi connectivity index (χ4v) is 2.24. The van der Waals surface area contributed by atoms with Crippen LogP contribution in [0.3, 0.4) is 0 Å². The third-order valence-corrected chi connectivity index (χ3v) is 3.60. The van der Waals surface area contributed by atoms with Crippen molar-refractivity contribution in [1.29, 1.82) is 0 Å². The molecule has 0 spiro atoms. The number of hydrogen-bond donors (Lipinski definition) is 2. The van der Waals surface area contributed by atoms with Gasteiger partial charge < -0.3 is 24.4 Å². The zero-order valence-electron chi connectivity index (χ0n) is 12.3. The third-order valence-electron chi connectivity index (χ3n) is 3.60. The molecule has 1 fully saturated rings. The summed E-state index contributed by atoms with van der Waals surface area (Å²) in [6.07, 6.45) is 3.25. The van der Waals surface area contributed by atoms with Crippen molar-refractivity contribution in [3.05, 3.63) is 35.8 Å². The summed E-state index contributed by atoms with van der Waals surface area (Å²) in [6, 6.07) is 0. The van der Waals surface area contributed by atoms with Gasteiger partial charge in [0.05, 0.1) is 13.1 Å². The third kappa shape index (κ3) is 3.51. The van der Waals surface area contributed by atoms with Gasteiger partial charge >= 0.3 is 13.1 Å². The predicted molar refractivity (Wildman–Crippen MR) is 78.6 cm³/mol. The number of carbonyl (C=O) groups is 2. The smallest absolute Gasteiger partial charge is 0.522 e. The SMILES string of the molecule is C=CC1=C(/C(=C/OC2CN(C(C)=O)C2)C(=O)O)OB(O)CC1. The number of likely N-dealkylation sites (tertiary alicyclic amines) is 1. The highest BCUT2D eigenvalue weighted by atomic mass is 16.5. The van der Waals surface area contributed by atoms with Crippen LogP contribution in [0.25, 0.3) is 0 Å². The van der Waals surface area contributed by atoms with Crippen LogP contribution in [-0.2, 0) is 19.0 Å². The van der Waals surface area contributed by atoms with Crippen molar-refractivity contribution >= 4 is 19.0 Å². The molecule has 0 radical (unpaired) electrons. The Labute approximate surface area is 128 Å². The number of aliphatic carboxylic acids is 1. The first kappa shape index (κ1) is 16.2. The molecule has 2 N–H and O–H groups in total. The molecule has 118 valence electrons. The van der Waals surface area contributed by atoms with E-state index >= 15 is 0 Å². The van der Waals surface area contributed by atoms with E-state index in [1.165, 1.54) is 13.0 Å². The van der Waals surface area contributed by atoms with E-state index in [1.807, 2.05) is 0 Å². The second-order valence-electron chi connectivity index (χ2n) is 5.19. The molecule has 0 unspecified atom stereocenters. The van der Waals surface area contributed by atoms with Gasteiger partial charge in [0.15, 0.2) is 0 Å². The Kier molecular flexibility index (Phi) is 4.92. The molecule has 2 rings (SSSR count). The van der Waals surface area contributed by atoms with Crippen LogP contribution in [0.5, 0.6) is 0 Å². The number of carbonyl (C=O) groups excluding carboxylic acids is 1. The molecule has 0 saturated carbocycles. The Balaban J connectivity index is 2.11. The summed E-state index contributed by atoms with van der Waals surface area (Å²) < 4.78 is 10.6. The first-order valence-corrected chi connectivity index (χ1v) is 6.97. The highest BCUT2D eigenvalue weighted by Gasteiger charge is 2.32. The number of carboxylic acid groups (broad SMARTS) is 1. The molecule has 1 saturated heterocycles. The van der Waals surface area contributed by atoms with Gasteiger partial charge in [-0.2, -0.15) is 0 Å². The van der Waals surface area contributed by atoms with Crippen LogP contribution in [0.1, 0.15) is 13.3 Å². The Morgan fingerprint density at radius 2 is 2.18 bits per heavy atom. The van der Waals surface area contributed by atoms with Crippen molar-refractivity contribution in [3.63, 3.8) is 0 Å². The van der Waals surface area contributed by atoms with E-state index in [-0.39, 0.29) is 23.3 Å². The van der Waals surface area contributed by atoms with Crippen molar-refractivity contribution in [1.82, 2.24) is 4.90 Å². The number of nitrogens with zero attached hydrogens (tertiary/aromatic N) is 1. The Bertz CT molecular complexity index is 550. The van der Waals surface area contributed by atoms with Crippen molar-refractivity contribution in [2.24, 2.45) is 0 Å². The molecule has 0 aromatic heterocycles. The molecule has 2 heterocycles. The maximum absolute atomic E-state index is 11.4. The van der Waals surface area contributed by atoms with Gasteiger partial charge in [-0.1, -0.05) is 12.7 Å². The predicted octanol–water partition coefficient (Wildman–Crippen LogP) is 0.543. The molecule has 2 aliphatic heterocycles. The molecule has 0 atom stereocenters. The normalized spacial score (nSPS) is 19.5. The maximum Gasteiger partial charge on any atom is 0.522 e. The summed E-state index contributed by atoms with van der Waals surface area (Å²) in [6.45, 7) is 5.95. The molecule has 0 aromatic carbocycles. The minimum absolute atomic E-state index is 0.0438. The zero-order chi connectivity index (χ0) is 16.3. The molecule has 8 heteroatoms. The lowest BCUT2D eigenvalue weighted by Crippen LogP contribution is -2.53. The van der Waals surface area contributed by atoms with Gasteiger partial charge in [0.25, 0.3) is 0 Å². The summed E-state index contributed by atoms with van der Waals surface area (Å²) >= 11 is 0. The lowest BCUT2D eigenvalue weighted by molar-refractivity contribution is -0.139. The molecule has 0 bridgehead atoms. The molecular formula is C14H18BNO6. The van der Waals surface area contributed by atoms with Crippen LogP contribution in [0.4, 0.5) is 0 Å². The summed E-state index contributed by atoms with van der Waals surface area (Å²) in [5, 5.41) is 18.9. The van der Waals surface area contributed by atoms with Gasteiger partial charge in [-0.3, -0.25) is 4.79 Å². The van der Waals surface area contributed by atoms with Crippen LogP contribution in [0.15, 0.2) is 35.8 Å². The Hall–Kier alpha value is -2.22. The minimum Gasteiger partial charge on any atom is -0.535 e. The second-order valence-corrected chi connectivity index (χ2v) is 5.19. The van der Waals surface area contributed by atoms with Crippen molar-refractivity contribution in [2.45, 2.75) is 25.8 Å². The number of carboxylic acids is 1. The van der Waals surface area contributed by atoms with Crippen LogP contribution in [0.2, 0.25) is 6.32 Å². The van der Waals surface area contributed by atoms with Gasteiger partial charge in [0, 0.05) is 6.92 Å². The standard InChI is InChI=1S/C14H18BNO6/c1-3-10-4-5-15(20)22-13(10)12(14(18)19)8-21-11-6-16(7-11)9(2)17/h3,8,11,20H,1,4-7H2,2H3,(H,18,19)/b12-8-. The summed E-state index contributed by atoms with van der Waals surface area (Å²) in [5.41, 5.74) is 0.441. The molecule has 0 aromatic rings. The van der Waals surface area contributed by atoms with Gasteiger partial charge in [0.2, 0.25) is 5.91 Å². The molecular weight excluding hydrogens is 289 g/mol. The summed E-state index contributed by atoms with van der Waals surface area (Å²) in [5.74, 6) is -1.19. The molecule has 7 nitrogen and oxygen atoms in total. The monoisotopic (exact) mass is 307 g/mol. The van der Waals surface area contributed by atoms with Crippen LogP contribution in [-0.4, -0.2) is 53.2 Å². The van der Waals surface area contributed by atoms with Crippen molar-refractivity contribution < 1.29 is 29.1 Å². The maximum atomic E-state index is 11.4. The molecule has 0 aliphatic carbocycles. The van der Waals surface area contributed by atoms with E-state index in [1.54, 1.807) is 4.90 Å². The topological polar surface area (TPSA) is 96.3 Å². The highest BCUT2D eigenvalue weighted by Crippen LogP contribution is 2.28. The Morgan fingerprint density at radius 3 is 2.73 bits per heavy atom. The van der Waals surface area contributed by atoms with Crippen molar-refractivity contribution in [2.75, 3.05) is 13.1 Å². The van der Waals surface area contributed by atoms with E-state index in [0.29, 0.717) is 31.4 Å². The van der Waals surface area contributed by atoms with Gasteiger partial charge in [0.1, 0.15) is 23.7 Å². The van der Waals surface area contributed by atoms with E-state index in [2.05, 4.69) is 6.58 Å². The highest BCUT2D eigenvalue weighted by molar-refractivity contribution is 6.43. The number of rotatable bonds is 5. The number of hydrogen-bond acceptors (Lipinski definition) is 5. The van der Waals surface area contributed by atoms with E-state index < -0.39 is 13.1 Å². The van der Waals surface area contributed by atoms with Gasteiger partial charge in [-0.25, -0.2) is 4.79 Å². The minimum atomic E-state index is -1.22. The van der Waals surface area contributed by atoms with E-state index in [9.17, 15) is 19.7 Å². The van der Waals surface area contributed by atoms with Crippen LogP contribution in [0, 0.1) is 0 Å². The summed E-state index contributed by atoms with van der Waals surface area (Å²) in [4.78, 5) is 24.1. The van der Waals surface area contributed by atoms with Crippen LogP contribution < -0.4 is 0 Å². The average molecular weight is 307 g/mol.